The normalized spacial score (nSPS) is 11.8. The number of nitrogens with zero attached hydrogens (tertiary/aromatic N) is 2. The summed E-state index contributed by atoms with van der Waals surface area (Å²) in [5, 5.41) is 0. The van der Waals surface area contributed by atoms with Gasteiger partial charge in [-0.3, -0.25) is 9.59 Å². The number of carbonyl (C=O) groups excluding carboxylic acids is 2. The Hall–Kier alpha value is -1.88. The fourth-order valence-electron chi connectivity index (χ4n) is 1.90. The zero-order chi connectivity index (χ0) is 15.1. The Morgan fingerprint density at radius 1 is 1.15 bits per heavy atom. The van der Waals surface area contributed by atoms with Crippen LogP contribution in [0.25, 0.3) is 0 Å². The van der Waals surface area contributed by atoms with Gasteiger partial charge in [-0.1, -0.05) is 30.3 Å². The van der Waals surface area contributed by atoms with Crippen molar-refractivity contribution in [2.24, 2.45) is 11.7 Å². The molecule has 110 valence electrons. The zero-order valence-electron chi connectivity index (χ0n) is 12.4. The van der Waals surface area contributed by atoms with Gasteiger partial charge in [0, 0.05) is 27.7 Å². The van der Waals surface area contributed by atoms with Gasteiger partial charge < -0.3 is 15.5 Å². The molecule has 0 radical (unpaired) electrons. The van der Waals surface area contributed by atoms with Gasteiger partial charge in [0.2, 0.25) is 11.8 Å². The van der Waals surface area contributed by atoms with Crippen molar-refractivity contribution in [1.82, 2.24) is 9.80 Å². The molecule has 0 aromatic heterocycles. The van der Waals surface area contributed by atoms with Crippen LogP contribution >= 0.6 is 0 Å². The van der Waals surface area contributed by atoms with Gasteiger partial charge in [0.1, 0.15) is 0 Å². The van der Waals surface area contributed by atoms with Crippen molar-refractivity contribution in [2.75, 3.05) is 34.2 Å². The van der Waals surface area contributed by atoms with Crippen molar-refractivity contribution in [3.63, 3.8) is 0 Å². The maximum atomic E-state index is 12.3. The summed E-state index contributed by atoms with van der Waals surface area (Å²) in [4.78, 5) is 26.9. The molecule has 0 heterocycles. The Morgan fingerprint density at radius 2 is 1.75 bits per heavy atom. The van der Waals surface area contributed by atoms with E-state index in [0.29, 0.717) is 6.42 Å². The molecule has 0 saturated carbocycles. The van der Waals surface area contributed by atoms with Crippen molar-refractivity contribution < 1.29 is 9.59 Å². The lowest BCUT2D eigenvalue weighted by molar-refractivity contribution is -0.140. The Balaban J connectivity index is 2.65. The first-order chi connectivity index (χ1) is 9.45. The van der Waals surface area contributed by atoms with Crippen molar-refractivity contribution >= 4 is 11.8 Å². The SMILES string of the molecule is CN(C)C(=O)CN(C)C(=O)C(CN)Cc1ccccc1. The first-order valence-corrected chi connectivity index (χ1v) is 6.64. The molecular formula is C15H23N3O2. The number of amides is 2. The van der Waals surface area contributed by atoms with Gasteiger partial charge in [-0.25, -0.2) is 0 Å². The molecule has 1 rings (SSSR count). The van der Waals surface area contributed by atoms with E-state index in [-0.39, 0.29) is 30.8 Å². The molecule has 0 bridgehead atoms. The monoisotopic (exact) mass is 277 g/mol. The van der Waals surface area contributed by atoms with Crippen LogP contribution in [0.4, 0.5) is 0 Å². The first-order valence-electron chi connectivity index (χ1n) is 6.64. The lowest BCUT2D eigenvalue weighted by atomic mass is 9.98. The molecule has 1 atom stereocenters. The van der Waals surface area contributed by atoms with E-state index < -0.39 is 0 Å². The molecule has 1 aromatic rings. The lowest BCUT2D eigenvalue weighted by Gasteiger charge is -2.24. The molecule has 1 aromatic carbocycles. The van der Waals surface area contributed by atoms with Crippen molar-refractivity contribution in [3.05, 3.63) is 35.9 Å². The first kappa shape index (κ1) is 16.2. The number of benzene rings is 1. The average Bonchev–Trinajstić information content (AvgIpc) is 2.44. The van der Waals surface area contributed by atoms with Gasteiger partial charge >= 0.3 is 0 Å². The minimum absolute atomic E-state index is 0.0805. The van der Waals surface area contributed by atoms with Crippen LogP contribution in [0, 0.1) is 5.92 Å². The van der Waals surface area contributed by atoms with Crippen molar-refractivity contribution in [1.29, 1.82) is 0 Å². The highest BCUT2D eigenvalue weighted by molar-refractivity contribution is 5.85. The molecule has 0 saturated heterocycles. The van der Waals surface area contributed by atoms with Crippen LogP contribution < -0.4 is 5.73 Å². The molecule has 20 heavy (non-hydrogen) atoms. The molecule has 2 N–H and O–H groups in total. The average molecular weight is 277 g/mol. The maximum absolute atomic E-state index is 12.3. The molecule has 0 aliphatic rings. The third-order valence-electron chi connectivity index (χ3n) is 3.21. The van der Waals surface area contributed by atoms with E-state index in [0.717, 1.165) is 5.56 Å². The van der Waals surface area contributed by atoms with Crippen LogP contribution in [-0.4, -0.2) is 55.8 Å². The highest BCUT2D eigenvalue weighted by atomic mass is 16.2. The predicted octanol–water partition coefficient (Wildman–Crippen LogP) is 0.351. The fraction of sp³-hybridized carbons (Fsp3) is 0.467. The molecule has 0 aliphatic heterocycles. The minimum atomic E-state index is -0.294. The maximum Gasteiger partial charge on any atom is 0.241 e. The summed E-state index contributed by atoms with van der Waals surface area (Å²) >= 11 is 0. The Bertz CT molecular complexity index is 446. The van der Waals surface area contributed by atoms with Crippen molar-refractivity contribution in [2.45, 2.75) is 6.42 Å². The number of hydrogen-bond acceptors (Lipinski definition) is 3. The van der Waals surface area contributed by atoms with Gasteiger partial charge in [0.15, 0.2) is 0 Å². The summed E-state index contributed by atoms with van der Waals surface area (Å²) in [6.45, 7) is 0.353. The van der Waals surface area contributed by atoms with Gasteiger partial charge in [-0.05, 0) is 12.0 Å². The molecule has 1 unspecified atom stereocenters. The fourth-order valence-corrected chi connectivity index (χ4v) is 1.90. The third-order valence-corrected chi connectivity index (χ3v) is 3.21. The third kappa shape index (κ3) is 4.66. The molecule has 5 heteroatoms. The Morgan fingerprint density at radius 3 is 2.25 bits per heavy atom. The van der Waals surface area contributed by atoms with E-state index >= 15 is 0 Å². The van der Waals surface area contributed by atoms with E-state index in [1.165, 1.54) is 9.80 Å². The topological polar surface area (TPSA) is 66.6 Å². The highest BCUT2D eigenvalue weighted by Gasteiger charge is 2.22. The van der Waals surface area contributed by atoms with E-state index in [4.69, 9.17) is 5.73 Å². The molecule has 5 nitrogen and oxygen atoms in total. The van der Waals surface area contributed by atoms with E-state index in [2.05, 4.69) is 0 Å². The summed E-state index contributed by atoms with van der Waals surface area (Å²) in [6.07, 6.45) is 0.594. The second-order valence-corrected chi connectivity index (χ2v) is 5.10. The van der Waals surface area contributed by atoms with Crippen LogP contribution in [0.5, 0.6) is 0 Å². The smallest absolute Gasteiger partial charge is 0.241 e. The van der Waals surface area contributed by atoms with Gasteiger partial charge in [0.05, 0.1) is 12.5 Å². The number of hydrogen-bond donors (Lipinski definition) is 1. The molecule has 2 amide bonds. The second kappa shape index (κ2) is 7.65. The Labute approximate surface area is 120 Å². The standard InChI is InChI=1S/C15H23N3O2/c1-17(2)14(19)11-18(3)15(20)13(10-16)9-12-7-5-4-6-8-12/h4-8,13H,9-11,16H2,1-3H3. The highest BCUT2D eigenvalue weighted by Crippen LogP contribution is 2.10. The van der Waals surface area contributed by atoms with Gasteiger partial charge in [-0.2, -0.15) is 0 Å². The van der Waals surface area contributed by atoms with E-state index in [1.807, 2.05) is 30.3 Å². The summed E-state index contributed by atoms with van der Waals surface area (Å²) in [5.41, 5.74) is 6.78. The lowest BCUT2D eigenvalue weighted by Crippen LogP contribution is -2.43. The second-order valence-electron chi connectivity index (χ2n) is 5.10. The van der Waals surface area contributed by atoms with Crippen LogP contribution in [-0.2, 0) is 16.0 Å². The number of rotatable bonds is 6. The minimum Gasteiger partial charge on any atom is -0.347 e. The summed E-state index contributed by atoms with van der Waals surface area (Å²) in [6, 6.07) is 9.76. The Kier molecular flexibility index (Phi) is 6.18. The van der Waals surface area contributed by atoms with Crippen LogP contribution in [0.1, 0.15) is 5.56 Å². The van der Waals surface area contributed by atoms with Crippen molar-refractivity contribution in [3.8, 4) is 0 Å². The van der Waals surface area contributed by atoms with E-state index in [1.54, 1.807) is 21.1 Å². The summed E-state index contributed by atoms with van der Waals surface area (Å²) in [7, 11) is 4.98. The summed E-state index contributed by atoms with van der Waals surface area (Å²) < 4.78 is 0. The van der Waals surface area contributed by atoms with Crippen LogP contribution in [0.3, 0.4) is 0 Å². The van der Waals surface area contributed by atoms with Gasteiger partial charge in [-0.15, -0.1) is 0 Å². The van der Waals surface area contributed by atoms with Gasteiger partial charge in [0.25, 0.3) is 0 Å². The summed E-state index contributed by atoms with van der Waals surface area (Å²) in [5.74, 6) is -0.486. The molecular weight excluding hydrogens is 254 g/mol. The number of likely N-dealkylation sites (N-methyl/N-ethyl adjacent to an activating group) is 2. The molecule has 0 fully saturated rings. The molecule has 0 spiro atoms. The quantitative estimate of drug-likeness (QED) is 0.816. The number of nitrogens with two attached hydrogens (primary N) is 1. The zero-order valence-corrected chi connectivity index (χ0v) is 12.4. The predicted molar refractivity (Wildman–Crippen MR) is 79.0 cm³/mol. The van der Waals surface area contributed by atoms with E-state index in [9.17, 15) is 9.59 Å². The number of carbonyl (C=O) groups is 2. The largest absolute Gasteiger partial charge is 0.347 e. The van der Waals surface area contributed by atoms with Crippen LogP contribution in [0.15, 0.2) is 30.3 Å². The molecule has 0 aliphatic carbocycles. The van der Waals surface area contributed by atoms with Crippen LogP contribution in [0.2, 0.25) is 0 Å².